The fraction of sp³-hybridized carbons (Fsp3) is 0.381. The quantitative estimate of drug-likeness (QED) is 0.412. The molecule has 0 fully saturated rings. The molecule has 0 bridgehead atoms. The van der Waals surface area contributed by atoms with Gasteiger partial charge in [0, 0.05) is 20.2 Å². The van der Waals surface area contributed by atoms with Crippen LogP contribution >= 0.6 is 0 Å². The molecular formula is C21H29N3O2. The maximum atomic E-state index is 5.58. The molecule has 0 heterocycles. The number of aryl methyl sites for hydroxylation is 1. The van der Waals surface area contributed by atoms with Crippen LogP contribution in [0.25, 0.3) is 0 Å². The summed E-state index contributed by atoms with van der Waals surface area (Å²) in [6.45, 7) is 7.53. The van der Waals surface area contributed by atoms with Crippen molar-refractivity contribution < 1.29 is 9.47 Å². The first-order valence-electron chi connectivity index (χ1n) is 9.00. The van der Waals surface area contributed by atoms with Crippen LogP contribution in [0.2, 0.25) is 0 Å². The van der Waals surface area contributed by atoms with Crippen molar-refractivity contribution in [2.75, 3.05) is 26.9 Å². The second-order valence-electron chi connectivity index (χ2n) is 5.96. The molecule has 0 aliphatic carbocycles. The Kier molecular flexibility index (Phi) is 8.49. The van der Waals surface area contributed by atoms with Gasteiger partial charge in [0.1, 0.15) is 12.4 Å². The molecule has 26 heavy (non-hydrogen) atoms. The molecular weight excluding hydrogens is 326 g/mol. The Labute approximate surface area is 156 Å². The van der Waals surface area contributed by atoms with Crippen LogP contribution < -0.4 is 15.4 Å². The molecule has 0 radical (unpaired) electrons. The van der Waals surface area contributed by atoms with Crippen molar-refractivity contribution >= 4 is 5.96 Å². The zero-order valence-electron chi connectivity index (χ0n) is 15.9. The monoisotopic (exact) mass is 355 g/mol. The minimum atomic E-state index is 0.557. The van der Waals surface area contributed by atoms with Crippen molar-refractivity contribution in [1.82, 2.24) is 10.6 Å². The lowest BCUT2D eigenvalue weighted by atomic mass is 10.1. The molecule has 5 nitrogen and oxygen atoms in total. The highest BCUT2D eigenvalue weighted by atomic mass is 16.5. The SMILES string of the molecule is CCNC(=NCc1ccc(OCCOC)cc1)NCc1ccccc1C. The molecule has 2 N–H and O–H groups in total. The Balaban J connectivity index is 1.90. The van der Waals surface area contributed by atoms with Gasteiger partial charge < -0.3 is 20.1 Å². The third kappa shape index (κ3) is 6.76. The van der Waals surface area contributed by atoms with E-state index >= 15 is 0 Å². The van der Waals surface area contributed by atoms with Crippen molar-refractivity contribution in [1.29, 1.82) is 0 Å². The number of nitrogens with zero attached hydrogens (tertiary/aromatic N) is 1. The average Bonchev–Trinajstić information content (AvgIpc) is 2.66. The van der Waals surface area contributed by atoms with Gasteiger partial charge in [-0.3, -0.25) is 0 Å². The highest BCUT2D eigenvalue weighted by molar-refractivity contribution is 5.79. The van der Waals surface area contributed by atoms with Crippen molar-refractivity contribution in [3.05, 3.63) is 65.2 Å². The highest BCUT2D eigenvalue weighted by Crippen LogP contribution is 2.13. The summed E-state index contributed by atoms with van der Waals surface area (Å²) in [5, 5.41) is 6.68. The molecule has 0 spiro atoms. The molecule has 2 rings (SSSR count). The average molecular weight is 355 g/mol. The molecule has 5 heteroatoms. The maximum absolute atomic E-state index is 5.58. The molecule has 2 aromatic rings. The number of hydrogen-bond acceptors (Lipinski definition) is 3. The van der Waals surface area contributed by atoms with Crippen molar-refractivity contribution in [3.8, 4) is 5.75 Å². The van der Waals surface area contributed by atoms with E-state index in [9.17, 15) is 0 Å². The van der Waals surface area contributed by atoms with Crippen molar-refractivity contribution in [2.45, 2.75) is 26.9 Å². The van der Waals surface area contributed by atoms with Gasteiger partial charge in [0.25, 0.3) is 0 Å². The van der Waals surface area contributed by atoms with Crippen LogP contribution in [0, 0.1) is 6.92 Å². The van der Waals surface area contributed by atoms with E-state index in [-0.39, 0.29) is 0 Å². The second kappa shape index (κ2) is 11.2. The summed E-state index contributed by atoms with van der Waals surface area (Å²) in [4.78, 5) is 4.67. The van der Waals surface area contributed by atoms with Gasteiger partial charge in [-0.2, -0.15) is 0 Å². The van der Waals surface area contributed by atoms with Crippen LogP contribution in [0.1, 0.15) is 23.6 Å². The number of ether oxygens (including phenoxy) is 2. The van der Waals surface area contributed by atoms with E-state index in [4.69, 9.17) is 9.47 Å². The van der Waals surface area contributed by atoms with Crippen LogP contribution in [0.5, 0.6) is 5.75 Å². The zero-order valence-corrected chi connectivity index (χ0v) is 15.9. The predicted molar refractivity (Wildman–Crippen MR) is 107 cm³/mol. The van der Waals surface area contributed by atoms with E-state index in [1.54, 1.807) is 7.11 Å². The third-order valence-corrected chi connectivity index (χ3v) is 3.95. The van der Waals surface area contributed by atoms with Gasteiger partial charge in [0.05, 0.1) is 13.2 Å². The minimum Gasteiger partial charge on any atom is -0.491 e. The van der Waals surface area contributed by atoms with Gasteiger partial charge in [0.15, 0.2) is 5.96 Å². The number of rotatable bonds is 9. The maximum Gasteiger partial charge on any atom is 0.191 e. The first kappa shape index (κ1) is 19.8. The molecule has 0 saturated carbocycles. The van der Waals surface area contributed by atoms with Crippen LogP contribution in [0.3, 0.4) is 0 Å². The van der Waals surface area contributed by atoms with Gasteiger partial charge in [-0.15, -0.1) is 0 Å². The Morgan fingerprint density at radius 2 is 1.77 bits per heavy atom. The van der Waals surface area contributed by atoms with Crippen LogP contribution in [-0.4, -0.2) is 32.8 Å². The number of benzene rings is 2. The van der Waals surface area contributed by atoms with Crippen molar-refractivity contribution in [3.63, 3.8) is 0 Å². The molecule has 0 aliphatic rings. The van der Waals surface area contributed by atoms with Gasteiger partial charge in [-0.1, -0.05) is 36.4 Å². The summed E-state index contributed by atoms with van der Waals surface area (Å²) in [5.41, 5.74) is 3.69. The molecule has 0 atom stereocenters. The first-order chi connectivity index (χ1) is 12.7. The lowest BCUT2D eigenvalue weighted by molar-refractivity contribution is 0.146. The zero-order chi connectivity index (χ0) is 18.6. The molecule has 0 unspecified atom stereocenters. The lowest BCUT2D eigenvalue weighted by Gasteiger charge is -2.13. The summed E-state index contributed by atoms with van der Waals surface area (Å²) in [5.74, 6) is 1.66. The Morgan fingerprint density at radius 3 is 2.46 bits per heavy atom. The molecule has 0 saturated heterocycles. The molecule has 0 aliphatic heterocycles. The Morgan fingerprint density at radius 1 is 1.00 bits per heavy atom. The summed E-state index contributed by atoms with van der Waals surface area (Å²) >= 11 is 0. The number of hydrogen-bond donors (Lipinski definition) is 2. The van der Waals surface area contributed by atoms with Gasteiger partial charge in [-0.05, 0) is 42.7 Å². The fourth-order valence-electron chi connectivity index (χ4n) is 2.43. The van der Waals surface area contributed by atoms with Gasteiger partial charge in [0.2, 0.25) is 0 Å². The Hall–Kier alpha value is -2.53. The standard InChI is InChI=1S/C21H29N3O2/c1-4-22-21(24-16-19-8-6-5-7-17(19)2)23-15-18-9-11-20(12-10-18)26-14-13-25-3/h5-12H,4,13-16H2,1-3H3,(H2,22,23,24). The number of guanidine groups is 1. The summed E-state index contributed by atoms with van der Waals surface area (Å²) < 4.78 is 10.6. The van der Waals surface area contributed by atoms with E-state index in [1.807, 2.05) is 24.3 Å². The minimum absolute atomic E-state index is 0.557. The van der Waals surface area contributed by atoms with Crippen LogP contribution in [-0.2, 0) is 17.8 Å². The van der Waals surface area contributed by atoms with Gasteiger partial charge in [-0.25, -0.2) is 4.99 Å². The molecule has 0 aromatic heterocycles. The second-order valence-corrected chi connectivity index (χ2v) is 5.96. The Bertz CT molecular complexity index is 684. The normalized spacial score (nSPS) is 11.3. The van der Waals surface area contributed by atoms with E-state index in [0.29, 0.717) is 19.8 Å². The smallest absolute Gasteiger partial charge is 0.191 e. The third-order valence-electron chi connectivity index (χ3n) is 3.95. The van der Waals surface area contributed by atoms with Crippen LogP contribution in [0.4, 0.5) is 0 Å². The number of aliphatic imine (C=N–C) groups is 1. The number of nitrogens with one attached hydrogen (secondary N) is 2. The largest absolute Gasteiger partial charge is 0.491 e. The van der Waals surface area contributed by atoms with E-state index in [2.05, 4.69) is 53.7 Å². The van der Waals surface area contributed by atoms with Gasteiger partial charge >= 0.3 is 0 Å². The fourth-order valence-corrected chi connectivity index (χ4v) is 2.43. The molecule has 2 aromatic carbocycles. The molecule has 140 valence electrons. The lowest BCUT2D eigenvalue weighted by Crippen LogP contribution is -2.36. The predicted octanol–water partition coefficient (Wildman–Crippen LogP) is 3.28. The van der Waals surface area contributed by atoms with Crippen LogP contribution in [0.15, 0.2) is 53.5 Å². The summed E-state index contributed by atoms with van der Waals surface area (Å²) in [7, 11) is 1.67. The van der Waals surface area contributed by atoms with Crippen molar-refractivity contribution in [2.24, 2.45) is 4.99 Å². The van der Waals surface area contributed by atoms with E-state index < -0.39 is 0 Å². The summed E-state index contributed by atoms with van der Waals surface area (Å²) in [6, 6.07) is 16.4. The van der Waals surface area contributed by atoms with E-state index in [0.717, 1.165) is 30.4 Å². The molecule has 0 amide bonds. The highest BCUT2D eigenvalue weighted by Gasteiger charge is 2.01. The van der Waals surface area contributed by atoms with E-state index in [1.165, 1.54) is 11.1 Å². The summed E-state index contributed by atoms with van der Waals surface area (Å²) in [6.07, 6.45) is 0. The first-order valence-corrected chi connectivity index (χ1v) is 9.00. The number of methoxy groups -OCH3 is 1. The topological polar surface area (TPSA) is 54.9 Å².